The van der Waals surface area contributed by atoms with Crippen molar-refractivity contribution in [2.75, 3.05) is 7.11 Å². The van der Waals surface area contributed by atoms with Gasteiger partial charge in [-0.15, -0.1) is 0 Å². The van der Waals surface area contributed by atoms with Gasteiger partial charge in [-0.2, -0.15) is 5.16 Å². The Morgan fingerprint density at radius 2 is 2.25 bits per heavy atom. The Labute approximate surface area is 90.2 Å². The first-order chi connectivity index (χ1) is 7.72. The van der Waals surface area contributed by atoms with Crippen LogP contribution in [0.5, 0.6) is 5.75 Å². The second-order valence-electron chi connectivity index (χ2n) is 3.66. The minimum Gasteiger partial charge on any atom is -0.497 e. The van der Waals surface area contributed by atoms with Crippen molar-refractivity contribution < 1.29 is 9.26 Å². The van der Waals surface area contributed by atoms with Gasteiger partial charge in [0.2, 0.25) is 0 Å². The molecule has 82 valence electrons. The van der Waals surface area contributed by atoms with Gasteiger partial charge in [0, 0.05) is 10.9 Å². The summed E-state index contributed by atoms with van der Waals surface area (Å²) in [5, 5.41) is 3.60. The predicted molar refractivity (Wildman–Crippen MR) is 59.1 cm³/mol. The molecule has 0 aliphatic carbocycles. The van der Waals surface area contributed by atoms with E-state index in [1.165, 1.54) is 4.40 Å². The Bertz CT molecular complexity index is 733. The van der Waals surface area contributed by atoms with Crippen LogP contribution >= 0.6 is 0 Å². The molecule has 0 radical (unpaired) electrons. The lowest BCUT2D eigenvalue weighted by Crippen LogP contribution is -2.03. The molecule has 16 heavy (non-hydrogen) atoms. The molecule has 0 unspecified atom stereocenters. The number of fused-ring (bicyclic) bond motifs is 3. The lowest BCUT2D eigenvalue weighted by molar-refractivity contribution is 0.388. The maximum Gasteiger partial charge on any atom is 0.444 e. The van der Waals surface area contributed by atoms with E-state index >= 15 is 0 Å². The van der Waals surface area contributed by atoms with Crippen molar-refractivity contribution >= 4 is 16.6 Å². The maximum absolute atomic E-state index is 11.5. The van der Waals surface area contributed by atoms with E-state index in [0.29, 0.717) is 5.65 Å². The van der Waals surface area contributed by atoms with Gasteiger partial charge < -0.3 is 9.26 Å². The first kappa shape index (κ1) is 9.08. The van der Waals surface area contributed by atoms with Crippen LogP contribution in [0.15, 0.2) is 27.5 Å². The highest BCUT2D eigenvalue weighted by Crippen LogP contribution is 2.27. The van der Waals surface area contributed by atoms with Crippen LogP contribution in [0.1, 0.15) is 5.56 Å². The number of rotatable bonds is 1. The molecule has 0 spiro atoms. The Morgan fingerprint density at radius 1 is 1.44 bits per heavy atom. The molecule has 0 fully saturated rings. The van der Waals surface area contributed by atoms with Crippen LogP contribution in [-0.2, 0) is 0 Å². The number of aromatic nitrogens is 2. The van der Waals surface area contributed by atoms with Crippen molar-refractivity contribution in [3.8, 4) is 5.75 Å². The van der Waals surface area contributed by atoms with Crippen LogP contribution in [0.2, 0.25) is 0 Å². The summed E-state index contributed by atoms with van der Waals surface area (Å²) in [5.41, 5.74) is 2.48. The topological polar surface area (TPSA) is 59.6 Å². The third-order valence-electron chi connectivity index (χ3n) is 2.85. The summed E-state index contributed by atoms with van der Waals surface area (Å²) < 4.78 is 11.4. The highest BCUT2D eigenvalue weighted by Gasteiger charge is 2.13. The van der Waals surface area contributed by atoms with Crippen LogP contribution in [0, 0.1) is 6.92 Å². The quantitative estimate of drug-likeness (QED) is 0.676. The Hall–Kier alpha value is -2.17. The maximum atomic E-state index is 11.5. The van der Waals surface area contributed by atoms with Crippen molar-refractivity contribution in [1.29, 1.82) is 0 Å². The molecule has 0 saturated heterocycles. The molecule has 2 aromatic heterocycles. The van der Waals surface area contributed by atoms with Crippen LogP contribution in [-0.4, -0.2) is 16.7 Å². The van der Waals surface area contributed by atoms with E-state index in [1.54, 1.807) is 7.11 Å². The molecule has 0 atom stereocenters. The van der Waals surface area contributed by atoms with Crippen molar-refractivity contribution in [3.05, 3.63) is 34.3 Å². The number of aromatic amines is 1. The summed E-state index contributed by atoms with van der Waals surface area (Å²) >= 11 is 0. The molecule has 0 saturated carbocycles. The molecule has 2 heterocycles. The SMILES string of the molecule is COc1ccc2c(c1)c(C)c1[nH]oc(=O)n12. The number of benzene rings is 1. The van der Waals surface area contributed by atoms with E-state index in [9.17, 15) is 4.79 Å². The minimum absolute atomic E-state index is 0.404. The molecule has 0 aliphatic heterocycles. The number of ether oxygens (including phenoxy) is 1. The number of hydrogen-bond acceptors (Lipinski definition) is 3. The van der Waals surface area contributed by atoms with Crippen molar-refractivity contribution in [2.45, 2.75) is 6.92 Å². The monoisotopic (exact) mass is 218 g/mol. The van der Waals surface area contributed by atoms with Gasteiger partial charge in [-0.05, 0) is 25.1 Å². The fourth-order valence-electron chi connectivity index (χ4n) is 2.00. The van der Waals surface area contributed by atoms with Crippen LogP contribution in [0.4, 0.5) is 0 Å². The zero-order chi connectivity index (χ0) is 11.3. The lowest BCUT2D eigenvalue weighted by atomic mass is 10.2. The first-order valence-corrected chi connectivity index (χ1v) is 4.88. The van der Waals surface area contributed by atoms with Gasteiger partial charge in [0.05, 0.1) is 12.6 Å². The summed E-state index contributed by atoms with van der Waals surface area (Å²) in [5.74, 6) is 0.367. The van der Waals surface area contributed by atoms with E-state index in [0.717, 1.165) is 22.2 Å². The largest absolute Gasteiger partial charge is 0.497 e. The molecule has 3 aromatic rings. The normalized spacial score (nSPS) is 11.4. The number of nitrogens with zero attached hydrogens (tertiary/aromatic N) is 1. The highest BCUT2D eigenvalue weighted by molar-refractivity contribution is 5.91. The average Bonchev–Trinajstić information content (AvgIpc) is 2.81. The van der Waals surface area contributed by atoms with Crippen molar-refractivity contribution in [2.24, 2.45) is 0 Å². The molecular weight excluding hydrogens is 208 g/mol. The number of aryl methyl sites for hydroxylation is 1. The zero-order valence-corrected chi connectivity index (χ0v) is 8.90. The van der Waals surface area contributed by atoms with Gasteiger partial charge in [0.15, 0.2) is 5.65 Å². The molecule has 3 rings (SSSR count). The Kier molecular flexibility index (Phi) is 1.65. The predicted octanol–water partition coefficient (Wildman–Crippen LogP) is 1.69. The minimum atomic E-state index is -0.404. The van der Waals surface area contributed by atoms with Crippen molar-refractivity contribution in [1.82, 2.24) is 9.56 Å². The van der Waals surface area contributed by atoms with E-state index in [4.69, 9.17) is 9.26 Å². The van der Waals surface area contributed by atoms with Crippen LogP contribution in [0.3, 0.4) is 0 Å². The molecule has 0 amide bonds. The number of methoxy groups -OCH3 is 1. The number of nitrogens with one attached hydrogen (secondary N) is 1. The second-order valence-corrected chi connectivity index (χ2v) is 3.66. The van der Waals surface area contributed by atoms with E-state index < -0.39 is 5.76 Å². The van der Waals surface area contributed by atoms with Gasteiger partial charge in [-0.1, -0.05) is 0 Å². The van der Waals surface area contributed by atoms with Gasteiger partial charge in [0.1, 0.15) is 5.75 Å². The van der Waals surface area contributed by atoms with Gasteiger partial charge in [-0.3, -0.25) is 0 Å². The summed E-state index contributed by atoms with van der Waals surface area (Å²) in [6.07, 6.45) is 0. The van der Waals surface area contributed by atoms with Crippen LogP contribution in [0.25, 0.3) is 16.6 Å². The molecule has 5 nitrogen and oxygen atoms in total. The fraction of sp³-hybridized carbons (Fsp3) is 0.182. The average molecular weight is 218 g/mol. The lowest BCUT2D eigenvalue weighted by Gasteiger charge is -1.99. The third-order valence-corrected chi connectivity index (χ3v) is 2.85. The first-order valence-electron chi connectivity index (χ1n) is 4.88. The van der Waals surface area contributed by atoms with E-state index in [1.807, 2.05) is 25.1 Å². The van der Waals surface area contributed by atoms with Crippen LogP contribution < -0.4 is 10.5 Å². The third kappa shape index (κ3) is 0.970. The number of H-pyrrole nitrogens is 1. The zero-order valence-electron chi connectivity index (χ0n) is 8.90. The fourth-order valence-corrected chi connectivity index (χ4v) is 2.00. The summed E-state index contributed by atoms with van der Waals surface area (Å²) in [4.78, 5) is 11.5. The molecule has 5 heteroatoms. The molecule has 1 N–H and O–H groups in total. The van der Waals surface area contributed by atoms with Gasteiger partial charge in [-0.25, -0.2) is 9.20 Å². The van der Waals surface area contributed by atoms with Gasteiger partial charge >= 0.3 is 5.76 Å². The smallest absolute Gasteiger partial charge is 0.444 e. The second kappa shape index (κ2) is 2.91. The summed E-state index contributed by atoms with van der Waals surface area (Å²) in [6.45, 7) is 1.93. The molecular formula is C11H10N2O3. The van der Waals surface area contributed by atoms with E-state index in [2.05, 4.69) is 5.16 Å². The summed E-state index contributed by atoms with van der Waals surface area (Å²) in [7, 11) is 1.62. The number of hydrogen-bond donors (Lipinski definition) is 1. The van der Waals surface area contributed by atoms with Gasteiger partial charge in [0.25, 0.3) is 0 Å². The molecule has 0 aliphatic rings. The van der Waals surface area contributed by atoms with E-state index in [-0.39, 0.29) is 0 Å². The highest BCUT2D eigenvalue weighted by atomic mass is 16.5. The molecule has 1 aromatic carbocycles. The van der Waals surface area contributed by atoms with Crippen molar-refractivity contribution in [3.63, 3.8) is 0 Å². The standard InChI is InChI=1S/C11H10N2O3/c1-6-8-5-7(15-2)3-4-9(8)13-10(6)12-16-11(13)14/h3-5,12H,1-2H3. The summed E-state index contributed by atoms with van der Waals surface area (Å²) in [6, 6.07) is 5.57. The molecule has 0 bridgehead atoms. The Balaban J connectivity index is 2.57. The Morgan fingerprint density at radius 3 is 3.00 bits per heavy atom.